The van der Waals surface area contributed by atoms with Crippen molar-refractivity contribution in [3.05, 3.63) is 60.2 Å². The average Bonchev–Trinajstić information content (AvgIpc) is 2.59. The van der Waals surface area contributed by atoms with Crippen molar-refractivity contribution in [1.29, 1.82) is 0 Å². The summed E-state index contributed by atoms with van der Waals surface area (Å²) in [5.41, 5.74) is 0.814. The van der Waals surface area contributed by atoms with Gasteiger partial charge >= 0.3 is 0 Å². The fourth-order valence-corrected chi connectivity index (χ4v) is 2.95. The van der Waals surface area contributed by atoms with Crippen LogP contribution in [0.15, 0.2) is 59.5 Å². The molecule has 2 aromatic carbocycles. The molecule has 0 unspecified atom stereocenters. The Labute approximate surface area is 135 Å². The lowest BCUT2D eigenvalue weighted by molar-refractivity contribution is -0.120. The zero-order valence-corrected chi connectivity index (χ0v) is 13.5. The van der Waals surface area contributed by atoms with Gasteiger partial charge in [0.15, 0.2) is 0 Å². The van der Waals surface area contributed by atoms with E-state index in [1.54, 1.807) is 31.4 Å². The molecular weight excluding hydrogens is 316 g/mol. The number of nitrogens with one attached hydrogen (secondary N) is 2. The van der Waals surface area contributed by atoms with Crippen LogP contribution in [0.2, 0.25) is 0 Å². The first-order valence-electron chi connectivity index (χ1n) is 6.96. The second kappa shape index (κ2) is 7.75. The Balaban J connectivity index is 1.88. The Morgan fingerprint density at radius 2 is 1.70 bits per heavy atom. The fourth-order valence-electron chi connectivity index (χ4n) is 1.95. The van der Waals surface area contributed by atoms with Crippen molar-refractivity contribution in [2.24, 2.45) is 0 Å². The van der Waals surface area contributed by atoms with Gasteiger partial charge in [-0.05, 0) is 18.2 Å². The molecule has 2 rings (SSSR count). The Morgan fingerprint density at radius 3 is 2.39 bits per heavy atom. The lowest BCUT2D eigenvalue weighted by Gasteiger charge is -2.10. The highest BCUT2D eigenvalue weighted by atomic mass is 32.2. The van der Waals surface area contributed by atoms with E-state index in [1.807, 2.05) is 18.2 Å². The topological polar surface area (TPSA) is 84.5 Å². The summed E-state index contributed by atoms with van der Waals surface area (Å²) in [5.74, 6) is 0.244. The van der Waals surface area contributed by atoms with E-state index >= 15 is 0 Å². The molecule has 0 heterocycles. The Kier molecular flexibility index (Phi) is 5.72. The first-order valence-corrected chi connectivity index (χ1v) is 8.44. The van der Waals surface area contributed by atoms with Crippen LogP contribution in [0, 0.1) is 0 Å². The summed E-state index contributed by atoms with van der Waals surface area (Å²) >= 11 is 0. The SMILES string of the molecule is COc1ccccc1CNC(=O)CNS(=O)(=O)c1ccccc1. The summed E-state index contributed by atoms with van der Waals surface area (Å²) in [5, 5.41) is 2.65. The molecule has 0 aliphatic rings. The van der Waals surface area contributed by atoms with Crippen LogP contribution in [0.1, 0.15) is 5.56 Å². The maximum atomic E-state index is 12.0. The second-order valence-corrected chi connectivity index (χ2v) is 6.49. The molecule has 6 nitrogen and oxygen atoms in total. The number of para-hydroxylation sites is 1. The van der Waals surface area contributed by atoms with E-state index in [2.05, 4.69) is 10.0 Å². The fraction of sp³-hybridized carbons (Fsp3) is 0.188. The largest absolute Gasteiger partial charge is 0.496 e. The van der Waals surface area contributed by atoms with Crippen LogP contribution >= 0.6 is 0 Å². The molecule has 7 heteroatoms. The Bertz CT molecular complexity index is 761. The van der Waals surface area contributed by atoms with Crippen LogP contribution in [0.25, 0.3) is 0 Å². The normalized spacial score (nSPS) is 11.0. The van der Waals surface area contributed by atoms with Crippen molar-refractivity contribution in [3.8, 4) is 5.75 Å². The summed E-state index contributed by atoms with van der Waals surface area (Å²) in [6, 6.07) is 15.2. The van der Waals surface area contributed by atoms with Crippen LogP contribution in [0.3, 0.4) is 0 Å². The minimum absolute atomic E-state index is 0.123. The highest BCUT2D eigenvalue weighted by molar-refractivity contribution is 7.89. The molecular formula is C16H18N2O4S. The van der Waals surface area contributed by atoms with Gasteiger partial charge in [-0.2, -0.15) is 0 Å². The molecule has 0 aromatic heterocycles. The molecule has 0 fully saturated rings. The van der Waals surface area contributed by atoms with Crippen LogP contribution in [0.4, 0.5) is 0 Å². The molecule has 0 bridgehead atoms. The highest BCUT2D eigenvalue weighted by Crippen LogP contribution is 2.16. The number of methoxy groups -OCH3 is 1. The third-order valence-electron chi connectivity index (χ3n) is 3.14. The van der Waals surface area contributed by atoms with Crippen molar-refractivity contribution >= 4 is 15.9 Å². The second-order valence-electron chi connectivity index (χ2n) is 4.73. The number of ether oxygens (including phenoxy) is 1. The lowest BCUT2D eigenvalue weighted by atomic mass is 10.2. The quantitative estimate of drug-likeness (QED) is 0.799. The number of benzene rings is 2. The number of hydrogen-bond donors (Lipinski definition) is 2. The van der Waals surface area contributed by atoms with E-state index in [-0.39, 0.29) is 18.0 Å². The number of sulfonamides is 1. The summed E-state index contributed by atoms with van der Waals surface area (Å²) in [6.07, 6.45) is 0. The van der Waals surface area contributed by atoms with Crippen molar-refractivity contribution in [1.82, 2.24) is 10.0 Å². The molecule has 0 spiro atoms. The standard InChI is InChI=1S/C16H18N2O4S/c1-22-15-10-6-5-7-13(15)11-17-16(19)12-18-23(20,21)14-8-3-2-4-9-14/h2-10,18H,11-12H2,1H3,(H,17,19). The van der Waals surface area contributed by atoms with E-state index in [1.165, 1.54) is 12.1 Å². The first-order chi connectivity index (χ1) is 11.0. The number of rotatable bonds is 7. The Hall–Kier alpha value is -2.38. The van der Waals surface area contributed by atoms with Gasteiger partial charge in [0.25, 0.3) is 0 Å². The van der Waals surface area contributed by atoms with Gasteiger partial charge in [0.2, 0.25) is 15.9 Å². The van der Waals surface area contributed by atoms with Crippen molar-refractivity contribution < 1.29 is 17.9 Å². The van der Waals surface area contributed by atoms with Crippen LogP contribution in [0.5, 0.6) is 5.75 Å². The van der Waals surface area contributed by atoms with Crippen molar-refractivity contribution in [2.75, 3.05) is 13.7 Å². The van der Waals surface area contributed by atoms with Gasteiger partial charge < -0.3 is 10.1 Å². The number of hydrogen-bond acceptors (Lipinski definition) is 4. The van der Waals surface area contributed by atoms with E-state index in [0.717, 1.165) is 5.56 Å². The van der Waals surface area contributed by atoms with E-state index in [0.29, 0.717) is 5.75 Å². The number of carbonyl (C=O) groups is 1. The van der Waals surface area contributed by atoms with Gasteiger partial charge in [-0.25, -0.2) is 13.1 Å². The highest BCUT2D eigenvalue weighted by Gasteiger charge is 2.14. The molecule has 0 atom stereocenters. The van der Waals surface area contributed by atoms with Gasteiger partial charge in [-0.15, -0.1) is 0 Å². The zero-order valence-electron chi connectivity index (χ0n) is 12.7. The predicted octanol–water partition coefficient (Wildman–Crippen LogP) is 1.29. The Morgan fingerprint density at radius 1 is 1.04 bits per heavy atom. The summed E-state index contributed by atoms with van der Waals surface area (Å²) < 4.78 is 31.5. The molecule has 122 valence electrons. The first kappa shape index (κ1) is 17.0. The minimum Gasteiger partial charge on any atom is -0.496 e. The third-order valence-corrected chi connectivity index (χ3v) is 4.56. The predicted molar refractivity (Wildman–Crippen MR) is 86.5 cm³/mol. The lowest BCUT2D eigenvalue weighted by Crippen LogP contribution is -2.36. The van der Waals surface area contributed by atoms with Crippen LogP contribution < -0.4 is 14.8 Å². The third kappa shape index (κ3) is 4.80. The molecule has 0 saturated carbocycles. The minimum atomic E-state index is -3.69. The smallest absolute Gasteiger partial charge is 0.241 e. The van der Waals surface area contributed by atoms with Gasteiger partial charge in [0.05, 0.1) is 18.6 Å². The molecule has 0 aliphatic heterocycles. The maximum absolute atomic E-state index is 12.0. The summed E-state index contributed by atoms with van der Waals surface area (Å²) in [4.78, 5) is 11.9. The molecule has 2 aromatic rings. The monoisotopic (exact) mass is 334 g/mol. The van der Waals surface area contributed by atoms with E-state index in [4.69, 9.17) is 4.74 Å². The van der Waals surface area contributed by atoms with Gasteiger partial charge in [-0.1, -0.05) is 36.4 Å². The van der Waals surface area contributed by atoms with E-state index < -0.39 is 15.9 Å². The van der Waals surface area contributed by atoms with Crippen molar-refractivity contribution in [3.63, 3.8) is 0 Å². The molecule has 2 N–H and O–H groups in total. The van der Waals surface area contributed by atoms with Gasteiger partial charge in [-0.3, -0.25) is 4.79 Å². The van der Waals surface area contributed by atoms with Crippen molar-refractivity contribution in [2.45, 2.75) is 11.4 Å². The van der Waals surface area contributed by atoms with Crippen LogP contribution in [-0.4, -0.2) is 28.0 Å². The number of amides is 1. The average molecular weight is 334 g/mol. The molecule has 0 saturated heterocycles. The number of carbonyl (C=O) groups excluding carboxylic acids is 1. The summed E-state index contributed by atoms with van der Waals surface area (Å²) in [7, 11) is -2.14. The van der Waals surface area contributed by atoms with E-state index in [9.17, 15) is 13.2 Å². The zero-order chi connectivity index (χ0) is 16.7. The molecule has 0 radical (unpaired) electrons. The molecule has 0 aliphatic carbocycles. The maximum Gasteiger partial charge on any atom is 0.241 e. The molecule has 23 heavy (non-hydrogen) atoms. The summed E-state index contributed by atoms with van der Waals surface area (Å²) in [6.45, 7) is -0.0672. The van der Waals surface area contributed by atoms with Gasteiger partial charge in [0.1, 0.15) is 5.75 Å². The van der Waals surface area contributed by atoms with Gasteiger partial charge in [0, 0.05) is 12.1 Å². The molecule has 1 amide bonds. The van der Waals surface area contributed by atoms with Crippen LogP contribution in [-0.2, 0) is 21.4 Å².